The van der Waals surface area contributed by atoms with E-state index in [0.717, 1.165) is 6.42 Å². The number of hydrogen-bond donors (Lipinski definition) is 1. The number of benzene rings is 1. The maximum atomic E-state index is 11.9. The molecule has 0 saturated carbocycles. The van der Waals surface area contributed by atoms with Crippen LogP contribution in [0.1, 0.15) is 20.3 Å². The number of hydrogen-bond acceptors (Lipinski definition) is 2. The van der Waals surface area contributed by atoms with Crippen LogP contribution in [-0.4, -0.2) is 14.5 Å². The van der Waals surface area contributed by atoms with Gasteiger partial charge in [0.25, 0.3) is 0 Å². The van der Waals surface area contributed by atoms with Crippen molar-refractivity contribution in [2.75, 3.05) is 0 Å². The van der Waals surface area contributed by atoms with Gasteiger partial charge in [0.2, 0.25) is 10.0 Å². The van der Waals surface area contributed by atoms with Crippen LogP contribution in [0.4, 0.5) is 0 Å². The molecular weight excluding hydrogens is 269 g/mol. The molecule has 0 fully saturated rings. The molecule has 1 atom stereocenters. The Morgan fingerprint density at radius 1 is 1.31 bits per heavy atom. The molecule has 0 aliphatic rings. The summed E-state index contributed by atoms with van der Waals surface area (Å²) in [5.41, 5.74) is 0. The highest BCUT2D eigenvalue weighted by Crippen LogP contribution is 2.24. The molecule has 0 bridgehead atoms. The summed E-state index contributed by atoms with van der Waals surface area (Å²) in [6.45, 7) is 3.71. The van der Waals surface area contributed by atoms with Gasteiger partial charge in [-0.2, -0.15) is 0 Å². The van der Waals surface area contributed by atoms with Crippen molar-refractivity contribution >= 4 is 33.2 Å². The Hall–Kier alpha value is -0.290. The molecule has 3 nitrogen and oxygen atoms in total. The predicted octanol–water partition coefficient (Wildman–Crippen LogP) is 3.07. The topological polar surface area (TPSA) is 46.2 Å². The normalized spacial score (nSPS) is 13.8. The van der Waals surface area contributed by atoms with Crippen molar-refractivity contribution in [3.05, 3.63) is 28.2 Å². The van der Waals surface area contributed by atoms with Crippen molar-refractivity contribution in [1.29, 1.82) is 0 Å². The minimum Gasteiger partial charge on any atom is -0.208 e. The van der Waals surface area contributed by atoms with Crippen LogP contribution < -0.4 is 4.72 Å². The van der Waals surface area contributed by atoms with Gasteiger partial charge in [0.05, 0.1) is 14.9 Å². The van der Waals surface area contributed by atoms with Gasteiger partial charge in [-0.1, -0.05) is 30.1 Å². The fraction of sp³-hybridized carbons (Fsp3) is 0.400. The van der Waals surface area contributed by atoms with Crippen molar-refractivity contribution in [1.82, 2.24) is 4.72 Å². The molecule has 0 radical (unpaired) electrons. The Morgan fingerprint density at radius 3 is 2.44 bits per heavy atom. The van der Waals surface area contributed by atoms with Crippen LogP contribution in [0, 0.1) is 0 Å². The van der Waals surface area contributed by atoms with Crippen molar-refractivity contribution in [3.63, 3.8) is 0 Å². The fourth-order valence-electron chi connectivity index (χ4n) is 1.06. The average molecular weight is 282 g/mol. The van der Waals surface area contributed by atoms with Gasteiger partial charge >= 0.3 is 0 Å². The van der Waals surface area contributed by atoms with Crippen molar-refractivity contribution < 1.29 is 8.42 Å². The van der Waals surface area contributed by atoms with E-state index in [-0.39, 0.29) is 16.0 Å². The monoisotopic (exact) mass is 281 g/mol. The SMILES string of the molecule is CCC(C)NS(=O)(=O)c1ccc(Cl)c(Cl)c1. The Balaban J connectivity index is 3.03. The number of sulfonamides is 1. The maximum Gasteiger partial charge on any atom is 0.240 e. The summed E-state index contributed by atoms with van der Waals surface area (Å²) >= 11 is 11.5. The highest BCUT2D eigenvalue weighted by molar-refractivity contribution is 7.89. The number of halogens is 2. The second-order valence-electron chi connectivity index (χ2n) is 3.51. The zero-order valence-corrected chi connectivity index (χ0v) is 11.3. The third kappa shape index (κ3) is 3.35. The number of rotatable bonds is 4. The second-order valence-corrected chi connectivity index (χ2v) is 6.03. The molecule has 6 heteroatoms. The fourth-order valence-corrected chi connectivity index (χ4v) is 2.78. The molecule has 1 rings (SSSR count). The third-order valence-corrected chi connectivity index (χ3v) is 4.50. The average Bonchev–Trinajstić information content (AvgIpc) is 2.21. The summed E-state index contributed by atoms with van der Waals surface area (Å²) in [7, 11) is -3.50. The lowest BCUT2D eigenvalue weighted by molar-refractivity contribution is 0.556. The van der Waals surface area contributed by atoms with Crippen LogP contribution in [0.5, 0.6) is 0 Å². The van der Waals surface area contributed by atoms with Crippen molar-refractivity contribution in [3.8, 4) is 0 Å². The first-order valence-corrected chi connectivity index (χ1v) is 7.08. The predicted molar refractivity (Wildman–Crippen MR) is 66.5 cm³/mol. The van der Waals surface area contributed by atoms with Crippen LogP contribution in [0.25, 0.3) is 0 Å². The van der Waals surface area contributed by atoms with E-state index in [9.17, 15) is 8.42 Å². The highest BCUT2D eigenvalue weighted by atomic mass is 35.5. The van der Waals surface area contributed by atoms with Gasteiger partial charge in [-0.3, -0.25) is 0 Å². The summed E-state index contributed by atoms with van der Waals surface area (Å²) in [5.74, 6) is 0. The zero-order valence-electron chi connectivity index (χ0n) is 9.00. The summed E-state index contributed by atoms with van der Waals surface area (Å²) < 4.78 is 26.2. The highest BCUT2D eigenvalue weighted by Gasteiger charge is 2.17. The molecule has 0 aromatic heterocycles. The van der Waals surface area contributed by atoms with Gasteiger partial charge in [-0.25, -0.2) is 13.1 Å². The Morgan fingerprint density at radius 2 is 1.94 bits per heavy atom. The van der Waals surface area contributed by atoms with Gasteiger partial charge in [0.15, 0.2) is 0 Å². The van der Waals surface area contributed by atoms with Gasteiger partial charge in [0.1, 0.15) is 0 Å². The van der Waals surface area contributed by atoms with E-state index < -0.39 is 10.0 Å². The quantitative estimate of drug-likeness (QED) is 0.922. The zero-order chi connectivity index (χ0) is 12.3. The standard InChI is InChI=1S/C10H13Cl2NO2S/c1-3-7(2)13-16(14,15)8-4-5-9(11)10(12)6-8/h4-7,13H,3H2,1-2H3. The molecule has 0 aliphatic carbocycles. The first kappa shape index (κ1) is 13.8. The molecule has 1 unspecified atom stereocenters. The van der Waals surface area contributed by atoms with E-state index in [1.807, 2.05) is 6.92 Å². The second kappa shape index (κ2) is 5.36. The minimum atomic E-state index is -3.50. The third-order valence-electron chi connectivity index (χ3n) is 2.17. The molecule has 1 N–H and O–H groups in total. The molecule has 0 aliphatic heterocycles. The minimum absolute atomic E-state index is 0.112. The molecule has 1 aromatic carbocycles. The molecule has 90 valence electrons. The first-order valence-electron chi connectivity index (χ1n) is 4.84. The Kier molecular flexibility index (Phi) is 4.62. The van der Waals surface area contributed by atoms with E-state index in [0.29, 0.717) is 5.02 Å². The van der Waals surface area contributed by atoms with Crippen LogP contribution in [0.2, 0.25) is 10.0 Å². The van der Waals surface area contributed by atoms with Crippen LogP contribution in [0.15, 0.2) is 23.1 Å². The molecule has 16 heavy (non-hydrogen) atoms. The largest absolute Gasteiger partial charge is 0.240 e. The molecule has 0 saturated heterocycles. The van der Waals surface area contributed by atoms with Gasteiger partial charge in [-0.15, -0.1) is 0 Å². The van der Waals surface area contributed by atoms with Crippen LogP contribution in [0.3, 0.4) is 0 Å². The summed E-state index contributed by atoms with van der Waals surface area (Å²) in [4.78, 5) is 0.127. The Labute approximate surface area is 106 Å². The van der Waals surface area contributed by atoms with Crippen molar-refractivity contribution in [2.24, 2.45) is 0 Å². The van der Waals surface area contributed by atoms with Crippen LogP contribution >= 0.6 is 23.2 Å². The molecule has 0 spiro atoms. The van der Waals surface area contributed by atoms with Crippen LogP contribution in [-0.2, 0) is 10.0 Å². The molecular formula is C10H13Cl2NO2S. The smallest absolute Gasteiger partial charge is 0.208 e. The van der Waals surface area contributed by atoms with E-state index in [1.54, 1.807) is 6.92 Å². The summed E-state index contributed by atoms with van der Waals surface area (Å²) in [6.07, 6.45) is 0.723. The lowest BCUT2D eigenvalue weighted by Gasteiger charge is -2.12. The van der Waals surface area contributed by atoms with E-state index in [2.05, 4.69) is 4.72 Å². The van der Waals surface area contributed by atoms with E-state index in [1.165, 1.54) is 18.2 Å². The van der Waals surface area contributed by atoms with E-state index in [4.69, 9.17) is 23.2 Å². The first-order chi connectivity index (χ1) is 7.36. The number of nitrogens with one attached hydrogen (secondary N) is 1. The van der Waals surface area contributed by atoms with Gasteiger partial charge < -0.3 is 0 Å². The van der Waals surface area contributed by atoms with E-state index >= 15 is 0 Å². The lowest BCUT2D eigenvalue weighted by atomic mass is 10.3. The van der Waals surface area contributed by atoms with Gasteiger partial charge in [-0.05, 0) is 31.5 Å². The summed E-state index contributed by atoms with van der Waals surface area (Å²) in [5, 5.41) is 0.567. The summed E-state index contributed by atoms with van der Waals surface area (Å²) in [6, 6.07) is 4.13. The molecule has 0 heterocycles. The van der Waals surface area contributed by atoms with Gasteiger partial charge in [0, 0.05) is 6.04 Å². The lowest BCUT2D eigenvalue weighted by Crippen LogP contribution is -2.31. The maximum absolute atomic E-state index is 11.9. The Bertz CT molecular complexity index is 474. The molecule has 1 aromatic rings. The molecule has 0 amide bonds. The van der Waals surface area contributed by atoms with Crippen molar-refractivity contribution in [2.45, 2.75) is 31.2 Å².